The summed E-state index contributed by atoms with van der Waals surface area (Å²) in [6.45, 7) is 1.51. The first-order valence-corrected chi connectivity index (χ1v) is 8.60. The quantitative estimate of drug-likeness (QED) is 0.788. The highest BCUT2D eigenvalue weighted by molar-refractivity contribution is 7.71. The largest absolute Gasteiger partial charge is 0.477 e. The number of carboxylic acids is 1. The van der Waals surface area contributed by atoms with Crippen molar-refractivity contribution in [1.29, 1.82) is 0 Å². The van der Waals surface area contributed by atoms with Gasteiger partial charge in [0.2, 0.25) is 0 Å². The number of aryl methyl sites for hydroxylation is 1. The van der Waals surface area contributed by atoms with Crippen LogP contribution < -0.4 is 15.1 Å². The molecule has 2 bridgehead atoms. The summed E-state index contributed by atoms with van der Waals surface area (Å²) in [5.41, 5.74) is 1.22. The molecule has 134 valence electrons. The molecule has 0 radical (unpaired) electrons. The van der Waals surface area contributed by atoms with Gasteiger partial charge < -0.3 is 19.9 Å². The van der Waals surface area contributed by atoms with Crippen molar-refractivity contribution in [2.24, 2.45) is 7.05 Å². The molecule has 2 aromatic rings. The van der Waals surface area contributed by atoms with Crippen molar-refractivity contribution in [2.45, 2.75) is 12.5 Å². The van der Waals surface area contributed by atoms with Gasteiger partial charge in [-0.3, -0.25) is 4.90 Å². The van der Waals surface area contributed by atoms with Crippen LogP contribution in [0.4, 0.5) is 22.0 Å². The Morgan fingerprint density at radius 3 is 2.92 bits per heavy atom. The van der Waals surface area contributed by atoms with Gasteiger partial charge in [0.15, 0.2) is 11.5 Å². The zero-order chi connectivity index (χ0) is 18.4. The van der Waals surface area contributed by atoms with Gasteiger partial charge >= 0.3 is 12.0 Å². The summed E-state index contributed by atoms with van der Waals surface area (Å²) in [6.07, 6.45) is 4.35. The Balaban J connectivity index is 1.73. The second-order valence-corrected chi connectivity index (χ2v) is 6.86. The maximum absolute atomic E-state index is 13.0. The van der Waals surface area contributed by atoms with E-state index in [-0.39, 0.29) is 17.8 Å². The van der Waals surface area contributed by atoms with E-state index in [0.717, 1.165) is 18.7 Å². The number of aromatic carboxylic acids is 1. The molecule has 4 rings (SSSR count). The number of nitrogens with one attached hydrogen (secondary N) is 1. The van der Waals surface area contributed by atoms with Crippen molar-refractivity contribution in [2.75, 3.05) is 28.2 Å². The van der Waals surface area contributed by atoms with Gasteiger partial charge in [-0.25, -0.2) is 14.6 Å². The predicted molar refractivity (Wildman–Crippen MR) is 99.6 cm³/mol. The highest BCUT2D eigenvalue weighted by Crippen LogP contribution is 2.39. The van der Waals surface area contributed by atoms with Crippen molar-refractivity contribution >= 4 is 41.4 Å². The van der Waals surface area contributed by atoms with Crippen LogP contribution in [0.3, 0.4) is 0 Å². The van der Waals surface area contributed by atoms with Crippen molar-refractivity contribution in [1.82, 2.24) is 9.55 Å². The summed E-state index contributed by atoms with van der Waals surface area (Å²) >= 11 is 5.28. The molecule has 8 nitrogen and oxygen atoms in total. The molecule has 0 aliphatic carbocycles. The van der Waals surface area contributed by atoms with Crippen LogP contribution in [0.2, 0.25) is 0 Å². The minimum atomic E-state index is -1.12. The summed E-state index contributed by atoms with van der Waals surface area (Å²) in [5, 5.41) is 12.1. The monoisotopic (exact) mass is 371 g/mol. The SMILES string of the molecule is Cn1ccc(=S)c(NC(=O)N2c3nc(C(=O)O)ccc3N3CC[C@H]2C3)c1. The van der Waals surface area contributed by atoms with Gasteiger partial charge in [-0.2, -0.15) is 0 Å². The lowest BCUT2D eigenvalue weighted by atomic mass is 10.2. The third kappa shape index (κ3) is 2.70. The molecule has 1 saturated heterocycles. The number of amides is 2. The Bertz CT molecular complexity index is 973. The van der Waals surface area contributed by atoms with E-state index in [1.54, 1.807) is 27.8 Å². The summed E-state index contributed by atoms with van der Waals surface area (Å²) in [4.78, 5) is 32.2. The lowest BCUT2D eigenvalue weighted by molar-refractivity contribution is 0.0690. The van der Waals surface area contributed by atoms with Gasteiger partial charge in [-0.05, 0) is 24.6 Å². The number of carbonyl (C=O) groups excluding carboxylic acids is 1. The van der Waals surface area contributed by atoms with Crippen molar-refractivity contribution < 1.29 is 14.7 Å². The Morgan fingerprint density at radius 1 is 1.35 bits per heavy atom. The van der Waals surface area contributed by atoms with Crippen LogP contribution in [-0.4, -0.2) is 45.8 Å². The number of anilines is 3. The minimum Gasteiger partial charge on any atom is -0.477 e. The lowest BCUT2D eigenvalue weighted by Gasteiger charge is -2.35. The van der Waals surface area contributed by atoms with E-state index in [1.807, 2.05) is 13.2 Å². The summed E-state index contributed by atoms with van der Waals surface area (Å²) < 4.78 is 2.34. The summed E-state index contributed by atoms with van der Waals surface area (Å²) in [7, 11) is 1.84. The Morgan fingerprint density at radius 2 is 2.15 bits per heavy atom. The number of urea groups is 1. The first-order chi connectivity index (χ1) is 12.4. The fraction of sp³-hybridized carbons (Fsp3) is 0.294. The number of nitrogens with zero attached hydrogens (tertiary/aromatic N) is 4. The van der Waals surface area contributed by atoms with Crippen LogP contribution >= 0.6 is 12.2 Å². The summed E-state index contributed by atoms with van der Waals surface area (Å²) in [6, 6.07) is 4.52. The van der Waals surface area contributed by atoms with Crippen LogP contribution in [0.1, 0.15) is 16.9 Å². The summed E-state index contributed by atoms with van der Waals surface area (Å²) in [5.74, 6) is -0.744. The average Bonchev–Trinajstić information content (AvgIpc) is 3.02. The van der Waals surface area contributed by atoms with Gasteiger partial charge in [-0.1, -0.05) is 12.2 Å². The first kappa shape index (κ1) is 16.5. The van der Waals surface area contributed by atoms with E-state index >= 15 is 0 Å². The molecule has 0 spiro atoms. The molecule has 0 saturated carbocycles. The van der Waals surface area contributed by atoms with Gasteiger partial charge in [-0.15, -0.1) is 0 Å². The van der Waals surface area contributed by atoms with Crippen molar-refractivity contribution in [3.8, 4) is 0 Å². The van der Waals surface area contributed by atoms with E-state index in [2.05, 4.69) is 15.2 Å². The van der Waals surface area contributed by atoms with E-state index < -0.39 is 5.97 Å². The molecule has 4 heterocycles. The van der Waals surface area contributed by atoms with Gasteiger partial charge in [0.1, 0.15) is 0 Å². The molecule has 2 amide bonds. The molecular weight excluding hydrogens is 354 g/mol. The molecule has 2 aliphatic heterocycles. The van der Waals surface area contributed by atoms with Crippen LogP contribution in [0, 0.1) is 4.51 Å². The molecule has 26 heavy (non-hydrogen) atoms. The lowest BCUT2D eigenvalue weighted by Crippen LogP contribution is -2.48. The number of aromatic nitrogens is 2. The van der Waals surface area contributed by atoms with Crippen LogP contribution in [0.25, 0.3) is 0 Å². The number of carboxylic acid groups (broad SMARTS) is 1. The average molecular weight is 371 g/mol. The van der Waals surface area contributed by atoms with E-state index in [4.69, 9.17) is 12.2 Å². The Hall–Kier alpha value is -2.94. The van der Waals surface area contributed by atoms with Crippen LogP contribution in [-0.2, 0) is 7.05 Å². The molecule has 2 N–H and O–H groups in total. The normalized spacial score (nSPS) is 17.8. The molecule has 0 unspecified atom stereocenters. The van der Waals surface area contributed by atoms with Crippen LogP contribution in [0.15, 0.2) is 30.6 Å². The fourth-order valence-electron chi connectivity index (χ4n) is 3.45. The first-order valence-electron chi connectivity index (χ1n) is 8.20. The number of fused-ring (bicyclic) bond motifs is 4. The third-order valence-corrected chi connectivity index (χ3v) is 5.05. The second-order valence-electron chi connectivity index (χ2n) is 6.42. The smallest absolute Gasteiger partial charge is 0.354 e. The Kier molecular flexibility index (Phi) is 3.87. The minimum absolute atomic E-state index is 0.0509. The fourth-order valence-corrected chi connectivity index (χ4v) is 3.61. The molecule has 2 aliphatic rings. The number of hydrogen-bond acceptors (Lipinski definition) is 5. The molecule has 1 atom stereocenters. The Labute approximate surface area is 154 Å². The van der Waals surface area contributed by atoms with E-state index in [0.29, 0.717) is 22.6 Å². The second kappa shape index (κ2) is 6.10. The van der Waals surface area contributed by atoms with Crippen LogP contribution in [0.5, 0.6) is 0 Å². The topological polar surface area (TPSA) is 90.7 Å². The molecule has 9 heteroatoms. The van der Waals surface area contributed by atoms with Crippen molar-refractivity contribution in [3.05, 3.63) is 40.8 Å². The maximum atomic E-state index is 13.0. The van der Waals surface area contributed by atoms with E-state index in [1.165, 1.54) is 6.07 Å². The van der Waals surface area contributed by atoms with Crippen molar-refractivity contribution in [3.63, 3.8) is 0 Å². The third-order valence-electron chi connectivity index (χ3n) is 4.69. The van der Waals surface area contributed by atoms with E-state index in [9.17, 15) is 14.7 Å². The maximum Gasteiger partial charge on any atom is 0.354 e. The molecule has 0 aromatic carbocycles. The zero-order valence-corrected chi connectivity index (χ0v) is 14.9. The number of hydrogen-bond donors (Lipinski definition) is 2. The molecular formula is C17H17N5O3S. The standard InChI is InChI=1S/C17H17N5O3S/c1-20-6-5-14(26)12(9-20)19-17(25)22-10-4-7-21(8-10)13-3-2-11(16(23)24)18-15(13)22/h2-3,5-6,9-10H,4,7-8H2,1H3,(H,19,25)(H,23,24)/t10-/m0/s1. The van der Waals surface area contributed by atoms with Gasteiger partial charge in [0.05, 0.1) is 21.9 Å². The zero-order valence-electron chi connectivity index (χ0n) is 14.0. The predicted octanol–water partition coefficient (Wildman–Crippen LogP) is 2.48. The van der Waals surface area contributed by atoms with Gasteiger partial charge in [0, 0.05) is 32.5 Å². The highest BCUT2D eigenvalue weighted by Gasteiger charge is 2.40. The van der Waals surface area contributed by atoms with Gasteiger partial charge in [0.25, 0.3) is 0 Å². The number of rotatable bonds is 2. The molecule has 1 fully saturated rings. The number of carbonyl (C=O) groups is 2. The highest BCUT2D eigenvalue weighted by atomic mass is 32.1. The molecule has 2 aromatic heterocycles. The number of pyridine rings is 2.